The Balaban J connectivity index is 2.94. The first-order valence-corrected chi connectivity index (χ1v) is 4.18. The molecule has 2 rings (SSSR count). The van der Waals surface area contributed by atoms with Gasteiger partial charge in [0, 0.05) is 10.9 Å². The van der Waals surface area contributed by atoms with Gasteiger partial charge in [-0.05, 0) is 25.5 Å². The number of rotatable bonds is 1. The molecule has 1 aromatic heterocycles. The van der Waals surface area contributed by atoms with E-state index in [0.717, 1.165) is 28.6 Å². The molecule has 2 nitrogen and oxygen atoms in total. The number of furan rings is 1. The van der Waals surface area contributed by atoms with Gasteiger partial charge in [0.05, 0.1) is 0 Å². The Bertz CT molecular complexity index is 466. The predicted molar refractivity (Wildman–Crippen MR) is 51.1 cm³/mol. The Labute approximate surface area is 76.2 Å². The van der Waals surface area contributed by atoms with Gasteiger partial charge in [-0.15, -0.1) is 0 Å². The van der Waals surface area contributed by atoms with Crippen LogP contribution in [0, 0.1) is 13.8 Å². The van der Waals surface area contributed by atoms with Gasteiger partial charge in [0.1, 0.15) is 11.3 Å². The Morgan fingerprint density at radius 3 is 2.77 bits per heavy atom. The van der Waals surface area contributed by atoms with E-state index in [1.54, 1.807) is 6.07 Å². The van der Waals surface area contributed by atoms with Crippen LogP contribution in [0.5, 0.6) is 0 Å². The van der Waals surface area contributed by atoms with Gasteiger partial charge in [-0.1, -0.05) is 12.1 Å². The molecule has 1 heterocycles. The van der Waals surface area contributed by atoms with Gasteiger partial charge in [0.2, 0.25) is 0 Å². The molecule has 66 valence electrons. The van der Waals surface area contributed by atoms with E-state index in [0.29, 0.717) is 5.56 Å². The summed E-state index contributed by atoms with van der Waals surface area (Å²) in [5.41, 5.74) is 2.55. The minimum Gasteiger partial charge on any atom is -0.461 e. The molecule has 0 N–H and O–H groups in total. The van der Waals surface area contributed by atoms with E-state index in [1.165, 1.54) is 0 Å². The first-order valence-electron chi connectivity index (χ1n) is 4.18. The van der Waals surface area contributed by atoms with E-state index in [4.69, 9.17) is 4.42 Å². The molecule has 0 aliphatic carbocycles. The SMILES string of the molecule is Cc1oc2cccc(C=O)c2c1C. The highest BCUT2D eigenvalue weighted by atomic mass is 16.3. The molecule has 0 fully saturated rings. The van der Waals surface area contributed by atoms with Gasteiger partial charge in [-0.2, -0.15) is 0 Å². The predicted octanol–water partition coefficient (Wildman–Crippen LogP) is 2.86. The fraction of sp³-hybridized carbons (Fsp3) is 0.182. The average Bonchev–Trinajstić information content (AvgIpc) is 2.43. The van der Waals surface area contributed by atoms with Crippen LogP contribution in [0.1, 0.15) is 21.7 Å². The number of benzene rings is 1. The summed E-state index contributed by atoms with van der Waals surface area (Å²) in [6, 6.07) is 5.51. The fourth-order valence-electron chi connectivity index (χ4n) is 1.55. The van der Waals surface area contributed by atoms with E-state index in [1.807, 2.05) is 26.0 Å². The maximum atomic E-state index is 10.7. The maximum absolute atomic E-state index is 10.7. The summed E-state index contributed by atoms with van der Waals surface area (Å²) in [7, 11) is 0. The highest BCUT2D eigenvalue weighted by molar-refractivity contribution is 5.98. The first kappa shape index (κ1) is 8.05. The van der Waals surface area contributed by atoms with Crippen molar-refractivity contribution in [1.29, 1.82) is 0 Å². The molecule has 0 radical (unpaired) electrons. The summed E-state index contributed by atoms with van der Waals surface area (Å²) < 4.78 is 5.48. The molecule has 0 aliphatic rings. The van der Waals surface area contributed by atoms with Crippen molar-refractivity contribution < 1.29 is 9.21 Å². The number of aldehydes is 1. The molecule has 13 heavy (non-hydrogen) atoms. The minimum atomic E-state index is 0.701. The molecule has 1 aromatic carbocycles. The zero-order chi connectivity index (χ0) is 9.42. The summed E-state index contributed by atoms with van der Waals surface area (Å²) >= 11 is 0. The number of hydrogen-bond acceptors (Lipinski definition) is 2. The van der Waals surface area contributed by atoms with Gasteiger partial charge in [-0.25, -0.2) is 0 Å². The molecule has 0 unspecified atom stereocenters. The number of carbonyl (C=O) groups is 1. The number of hydrogen-bond donors (Lipinski definition) is 0. The Morgan fingerprint density at radius 2 is 2.08 bits per heavy atom. The smallest absolute Gasteiger partial charge is 0.150 e. The van der Waals surface area contributed by atoms with E-state index in [9.17, 15) is 4.79 Å². The van der Waals surface area contributed by atoms with E-state index in [2.05, 4.69) is 0 Å². The van der Waals surface area contributed by atoms with Gasteiger partial charge < -0.3 is 4.42 Å². The van der Waals surface area contributed by atoms with E-state index in [-0.39, 0.29) is 0 Å². The van der Waals surface area contributed by atoms with Crippen LogP contribution < -0.4 is 0 Å². The highest BCUT2D eigenvalue weighted by Crippen LogP contribution is 2.26. The lowest BCUT2D eigenvalue weighted by molar-refractivity contribution is 0.112. The molecule has 0 aliphatic heterocycles. The Hall–Kier alpha value is -1.57. The molecule has 0 saturated heterocycles. The van der Waals surface area contributed by atoms with Crippen LogP contribution in [0.4, 0.5) is 0 Å². The molecular formula is C11H10O2. The summed E-state index contributed by atoms with van der Waals surface area (Å²) in [4.78, 5) is 10.7. The second-order valence-electron chi connectivity index (χ2n) is 3.12. The summed E-state index contributed by atoms with van der Waals surface area (Å²) in [6.07, 6.45) is 0.865. The summed E-state index contributed by atoms with van der Waals surface area (Å²) in [5, 5.41) is 0.940. The van der Waals surface area contributed by atoms with E-state index < -0.39 is 0 Å². The molecule has 2 aromatic rings. The number of carbonyl (C=O) groups excluding carboxylic acids is 1. The zero-order valence-corrected chi connectivity index (χ0v) is 7.63. The summed E-state index contributed by atoms with van der Waals surface area (Å²) in [5.74, 6) is 0.879. The third kappa shape index (κ3) is 1.06. The molecule has 2 heteroatoms. The number of aryl methyl sites for hydroxylation is 2. The Morgan fingerprint density at radius 1 is 1.31 bits per heavy atom. The van der Waals surface area contributed by atoms with Crippen molar-refractivity contribution in [1.82, 2.24) is 0 Å². The van der Waals surface area contributed by atoms with Crippen LogP contribution >= 0.6 is 0 Å². The Kier molecular flexibility index (Phi) is 1.69. The monoisotopic (exact) mass is 174 g/mol. The lowest BCUT2D eigenvalue weighted by Crippen LogP contribution is -1.81. The third-order valence-electron chi connectivity index (χ3n) is 2.35. The normalized spacial score (nSPS) is 10.6. The van der Waals surface area contributed by atoms with Crippen molar-refractivity contribution in [2.75, 3.05) is 0 Å². The molecular weight excluding hydrogens is 164 g/mol. The standard InChI is InChI=1S/C11H10O2/c1-7-8(2)13-10-5-3-4-9(6-12)11(7)10/h3-6H,1-2H3. The second-order valence-corrected chi connectivity index (χ2v) is 3.12. The van der Waals surface area contributed by atoms with Gasteiger partial charge in [0.25, 0.3) is 0 Å². The van der Waals surface area contributed by atoms with Crippen molar-refractivity contribution in [3.8, 4) is 0 Å². The van der Waals surface area contributed by atoms with Crippen molar-refractivity contribution >= 4 is 17.3 Å². The van der Waals surface area contributed by atoms with Gasteiger partial charge in [-0.3, -0.25) is 4.79 Å². The van der Waals surface area contributed by atoms with Crippen LogP contribution in [0.3, 0.4) is 0 Å². The van der Waals surface area contributed by atoms with Gasteiger partial charge in [0.15, 0.2) is 6.29 Å². The topological polar surface area (TPSA) is 30.2 Å². The van der Waals surface area contributed by atoms with Crippen molar-refractivity contribution in [2.45, 2.75) is 13.8 Å². The van der Waals surface area contributed by atoms with Crippen molar-refractivity contribution in [3.63, 3.8) is 0 Å². The zero-order valence-electron chi connectivity index (χ0n) is 7.63. The average molecular weight is 174 g/mol. The van der Waals surface area contributed by atoms with Crippen LogP contribution in [-0.4, -0.2) is 6.29 Å². The molecule has 0 atom stereocenters. The largest absolute Gasteiger partial charge is 0.461 e. The summed E-state index contributed by atoms with van der Waals surface area (Å²) in [6.45, 7) is 3.87. The van der Waals surface area contributed by atoms with Gasteiger partial charge >= 0.3 is 0 Å². The van der Waals surface area contributed by atoms with Crippen molar-refractivity contribution in [2.24, 2.45) is 0 Å². The first-order chi connectivity index (χ1) is 6.24. The van der Waals surface area contributed by atoms with Crippen molar-refractivity contribution in [3.05, 3.63) is 35.1 Å². The lowest BCUT2D eigenvalue weighted by atomic mass is 10.1. The fourth-order valence-corrected chi connectivity index (χ4v) is 1.55. The quantitative estimate of drug-likeness (QED) is 0.622. The lowest BCUT2D eigenvalue weighted by Gasteiger charge is -1.93. The number of fused-ring (bicyclic) bond motifs is 1. The molecule has 0 bridgehead atoms. The third-order valence-corrected chi connectivity index (χ3v) is 2.35. The minimum absolute atomic E-state index is 0.701. The molecule has 0 spiro atoms. The highest BCUT2D eigenvalue weighted by Gasteiger charge is 2.09. The van der Waals surface area contributed by atoms with Crippen LogP contribution in [0.25, 0.3) is 11.0 Å². The molecule has 0 saturated carbocycles. The van der Waals surface area contributed by atoms with Crippen LogP contribution in [0.2, 0.25) is 0 Å². The molecule has 0 amide bonds. The van der Waals surface area contributed by atoms with Crippen LogP contribution in [-0.2, 0) is 0 Å². The van der Waals surface area contributed by atoms with E-state index >= 15 is 0 Å². The van der Waals surface area contributed by atoms with Crippen LogP contribution in [0.15, 0.2) is 22.6 Å². The second kappa shape index (κ2) is 2.73. The maximum Gasteiger partial charge on any atom is 0.150 e.